The Kier molecular flexibility index (Phi) is 5.71. The minimum absolute atomic E-state index is 1.15. The summed E-state index contributed by atoms with van der Waals surface area (Å²) in [6.45, 7) is 8.96. The lowest BCUT2D eigenvalue weighted by molar-refractivity contribution is 1.25. The lowest BCUT2D eigenvalue weighted by atomic mass is 9.97. The highest BCUT2D eigenvalue weighted by Crippen LogP contribution is 2.49. The van der Waals surface area contributed by atoms with Crippen LogP contribution in [0.1, 0.15) is 49.9 Å². The Morgan fingerprint density at radius 3 is 0.775 bits per heavy atom. The summed E-state index contributed by atoms with van der Waals surface area (Å²) in [6.07, 6.45) is 0. The molecule has 194 valence electrons. The Balaban J connectivity index is 1.40. The molecular formula is C38H32N2. The van der Waals surface area contributed by atoms with E-state index in [4.69, 9.17) is 0 Å². The van der Waals surface area contributed by atoms with Gasteiger partial charge in [0.15, 0.2) is 0 Å². The number of para-hydroxylation sites is 4. The Morgan fingerprint density at radius 1 is 0.300 bits per heavy atom. The normalized spacial score (nSPS) is 14.2. The van der Waals surface area contributed by atoms with E-state index in [-0.39, 0.29) is 0 Å². The fourth-order valence-corrected chi connectivity index (χ4v) is 6.32. The van der Waals surface area contributed by atoms with Gasteiger partial charge in [0.2, 0.25) is 0 Å². The first-order valence-electron chi connectivity index (χ1n) is 14.0. The van der Waals surface area contributed by atoms with E-state index in [1.54, 1.807) is 0 Å². The van der Waals surface area contributed by atoms with Crippen molar-refractivity contribution < 1.29 is 0 Å². The van der Waals surface area contributed by atoms with E-state index < -0.39 is 0 Å². The van der Waals surface area contributed by atoms with Crippen LogP contribution >= 0.6 is 0 Å². The molecule has 0 fully saturated rings. The summed E-state index contributed by atoms with van der Waals surface area (Å²) in [5, 5.41) is 0. The van der Waals surface area contributed by atoms with Crippen molar-refractivity contribution in [3.8, 4) is 0 Å². The average molecular weight is 517 g/mol. The summed E-state index contributed by atoms with van der Waals surface area (Å²) in [6, 6.07) is 44.1. The van der Waals surface area contributed by atoms with Crippen molar-refractivity contribution in [1.82, 2.24) is 0 Å². The third-order valence-corrected chi connectivity index (χ3v) is 8.69. The molecule has 0 N–H and O–H groups in total. The molecule has 40 heavy (non-hydrogen) atoms. The lowest BCUT2D eigenvalue weighted by Crippen LogP contribution is -2.14. The topological polar surface area (TPSA) is 6.48 Å². The summed E-state index contributed by atoms with van der Waals surface area (Å²) in [5.41, 5.74) is 17.5. The van der Waals surface area contributed by atoms with Crippen LogP contribution in [0.4, 0.5) is 34.1 Å². The van der Waals surface area contributed by atoms with Gasteiger partial charge in [0, 0.05) is 33.6 Å². The Morgan fingerprint density at radius 2 is 0.525 bits per heavy atom. The number of fused-ring (bicyclic) bond motifs is 4. The van der Waals surface area contributed by atoms with Crippen LogP contribution in [0.5, 0.6) is 0 Å². The second kappa shape index (κ2) is 9.43. The van der Waals surface area contributed by atoms with Crippen molar-refractivity contribution in [3.63, 3.8) is 0 Å². The van der Waals surface area contributed by atoms with E-state index in [0.29, 0.717) is 0 Å². The third kappa shape index (κ3) is 3.64. The maximum atomic E-state index is 2.41. The maximum Gasteiger partial charge on any atom is 0.0537 e. The number of rotatable bonds is 2. The van der Waals surface area contributed by atoms with Crippen LogP contribution in [0.3, 0.4) is 0 Å². The zero-order valence-electron chi connectivity index (χ0n) is 23.4. The van der Waals surface area contributed by atoms with Crippen molar-refractivity contribution in [2.45, 2.75) is 27.7 Å². The molecule has 0 saturated carbocycles. The Hall–Kier alpha value is -4.82. The van der Waals surface area contributed by atoms with Crippen LogP contribution in [0.2, 0.25) is 0 Å². The molecule has 7 rings (SSSR count). The molecule has 2 heterocycles. The number of hydrogen-bond donors (Lipinski definition) is 0. The van der Waals surface area contributed by atoms with Gasteiger partial charge >= 0.3 is 0 Å². The van der Waals surface area contributed by atoms with E-state index in [2.05, 4.69) is 159 Å². The summed E-state index contributed by atoms with van der Waals surface area (Å²) in [4.78, 5) is 4.82. The van der Waals surface area contributed by atoms with Gasteiger partial charge in [-0.2, -0.15) is 0 Å². The molecule has 2 aliphatic heterocycles. The fourth-order valence-electron chi connectivity index (χ4n) is 6.32. The number of hydrogen-bond acceptors (Lipinski definition) is 2. The van der Waals surface area contributed by atoms with Gasteiger partial charge < -0.3 is 9.80 Å². The summed E-state index contributed by atoms with van der Waals surface area (Å²) >= 11 is 0. The minimum Gasteiger partial charge on any atom is -0.309 e. The molecular weight excluding hydrogens is 484 g/mol. The summed E-state index contributed by atoms with van der Waals surface area (Å²) in [7, 11) is 0. The molecule has 5 aromatic rings. The first-order valence-corrected chi connectivity index (χ1v) is 14.0. The number of anilines is 6. The van der Waals surface area contributed by atoms with Crippen molar-refractivity contribution in [1.29, 1.82) is 0 Å². The molecule has 0 aromatic heterocycles. The van der Waals surface area contributed by atoms with E-state index in [0.717, 1.165) is 11.4 Å². The summed E-state index contributed by atoms with van der Waals surface area (Å²) in [5.74, 6) is 0. The highest BCUT2D eigenvalue weighted by atomic mass is 15.2. The number of allylic oxidation sites excluding steroid dienone is 4. The molecule has 2 nitrogen and oxygen atoms in total. The molecule has 0 atom stereocenters. The van der Waals surface area contributed by atoms with Gasteiger partial charge in [-0.15, -0.1) is 0 Å². The van der Waals surface area contributed by atoms with Gasteiger partial charge in [-0.3, -0.25) is 0 Å². The number of nitrogens with zero attached hydrogens (tertiary/aromatic N) is 2. The van der Waals surface area contributed by atoms with Crippen LogP contribution in [0, 0.1) is 0 Å². The quantitative estimate of drug-likeness (QED) is 0.230. The first kappa shape index (κ1) is 24.2. The second-order valence-corrected chi connectivity index (χ2v) is 10.8. The molecule has 2 heteroatoms. The van der Waals surface area contributed by atoms with Gasteiger partial charge in [-0.25, -0.2) is 0 Å². The highest BCUT2D eigenvalue weighted by molar-refractivity contribution is 6.04. The van der Waals surface area contributed by atoms with Crippen molar-refractivity contribution in [2.75, 3.05) is 9.80 Å². The molecule has 0 saturated heterocycles. The maximum absolute atomic E-state index is 2.41. The van der Waals surface area contributed by atoms with Crippen molar-refractivity contribution >= 4 is 56.4 Å². The predicted octanol–water partition coefficient (Wildman–Crippen LogP) is 11.2. The third-order valence-electron chi connectivity index (χ3n) is 8.69. The standard InChI is InChI=1S/C38H32N2/c1-25-26(2)32-14-6-10-18-36(32)39(35-17-9-5-13-31(25)35)29-21-23-30(24-22-29)40-37-19-11-7-15-33(37)27(3)28(4)34-16-8-12-20-38(34)40/h5-24H,1-4H3. The van der Waals surface area contributed by atoms with Gasteiger partial charge in [0.1, 0.15) is 0 Å². The molecule has 0 radical (unpaired) electrons. The van der Waals surface area contributed by atoms with E-state index in [1.807, 2.05) is 0 Å². The Bertz CT molecular complexity index is 1590. The molecule has 0 spiro atoms. The first-order chi connectivity index (χ1) is 19.5. The molecule has 2 aliphatic rings. The van der Waals surface area contributed by atoms with E-state index in [1.165, 1.54) is 67.3 Å². The van der Waals surface area contributed by atoms with Crippen molar-refractivity contribution in [2.24, 2.45) is 0 Å². The molecule has 0 amide bonds. The highest BCUT2D eigenvalue weighted by Gasteiger charge is 2.26. The summed E-state index contributed by atoms with van der Waals surface area (Å²) < 4.78 is 0. The van der Waals surface area contributed by atoms with Crippen LogP contribution in [-0.2, 0) is 0 Å². The lowest BCUT2D eigenvalue weighted by Gasteiger charge is -2.30. The monoisotopic (exact) mass is 516 g/mol. The van der Waals surface area contributed by atoms with Gasteiger partial charge in [0.05, 0.1) is 22.7 Å². The zero-order valence-corrected chi connectivity index (χ0v) is 23.4. The van der Waals surface area contributed by atoms with Gasteiger partial charge in [0.25, 0.3) is 0 Å². The molecule has 5 aromatic carbocycles. The minimum atomic E-state index is 1.15. The number of benzene rings is 5. The van der Waals surface area contributed by atoms with Crippen molar-refractivity contribution in [3.05, 3.63) is 144 Å². The van der Waals surface area contributed by atoms with Crippen LogP contribution in [-0.4, -0.2) is 0 Å². The SMILES string of the molecule is CC1=C(C)c2ccccc2N(c2ccc(N3c4ccccc4C(C)=C(C)c4ccccc43)cc2)c2ccccc21. The largest absolute Gasteiger partial charge is 0.309 e. The fraction of sp³-hybridized carbons (Fsp3) is 0.105. The smallest absolute Gasteiger partial charge is 0.0537 e. The zero-order chi connectivity index (χ0) is 27.4. The Labute approximate surface area is 237 Å². The average Bonchev–Trinajstić information content (AvgIpc) is 3.16. The van der Waals surface area contributed by atoms with Crippen LogP contribution in [0.25, 0.3) is 22.3 Å². The van der Waals surface area contributed by atoms with Gasteiger partial charge in [-0.05, 0) is 98.5 Å². The van der Waals surface area contributed by atoms with Crippen LogP contribution in [0.15, 0.2) is 121 Å². The van der Waals surface area contributed by atoms with E-state index in [9.17, 15) is 0 Å². The predicted molar refractivity (Wildman–Crippen MR) is 172 cm³/mol. The van der Waals surface area contributed by atoms with Crippen LogP contribution < -0.4 is 9.80 Å². The molecule has 0 unspecified atom stereocenters. The molecule has 0 aliphatic carbocycles. The molecule has 0 bridgehead atoms. The second-order valence-electron chi connectivity index (χ2n) is 10.8. The van der Waals surface area contributed by atoms with Gasteiger partial charge in [-0.1, -0.05) is 72.8 Å². The van der Waals surface area contributed by atoms with E-state index >= 15 is 0 Å².